The van der Waals surface area contributed by atoms with Gasteiger partial charge >= 0.3 is 0 Å². The molecule has 0 atom stereocenters. The van der Waals surface area contributed by atoms with Crippen LogP contribution in [-0.2, 0) is 10.0 Å². The molecule has 1 N–H and O–H groups in total. The van der Waals surface area contributed by atoms with Crippen LogP contribution in [0.4, 0.5) is 5.69 Å². The molecule has 0 fully saturated rings. The van der Waals surface area contributed by atoms with Crippen molar-refractivity contribution >= 4 is 26.7 Å². The average molecular weight is 476 g/mol. The van der Waals surface area contributed by atoms with Crippen molar-refractivity contribution in [3.8, 4) is 28.8 Å². The summed E-state index contributed by atoms with van der Waals surface area (Å²) in [5.74, 6) is 1.72. The fraction of sp³-hybridized carbons (Fsp3) is 0.120. The monoisotopic (exact) mass is 475 g/mol. The number of hydrogen-bond acceptors (Lipinski definition) is 7. The summed E-state index contributed by atoms with van der Waals surface area (Å²) in [4.78, 5) is 4.59. The van der Waals surface area contributed by atoms with Crippen LogP contribution in [0.2, 0.25) is 0 Å². The molecule has 0 bridgehead atoms. The maximum atomic E-state index is 13.0. The molecule has 3 aromatic carbocycles. The van der Waals surface area contributed by atoms with Gasteiger partial charge in [-0.2, -0.15) is 4.98 Å². The van der Waals surface area contributed by atoms with Crippen molar-refractivity contribution in [3.63, 3.8) is 0 Å². The van der Waals surface area contributed by atoms with Crippen molar-refractivity contribution in [3.05, 3.63) is 77.9 Å². The highest BCUT2D eigenvalue weighted by atomic mass is 32.2. The van der Waals surface area contributed by atoms with E-state index in [1.54, 1.807) is 43.5 Å². The Hall–Kier alpha value is -4.11. The van der Waals surface area contributed by atoms with E-state index >= 15 is 0 Å². The first kappa shape index (κ1) is 21.7. The molecule has 172 valence electrons. The van der Waals surface area contributed by atoms with E-state index in [1.165, 1.54) is 6.07 Å². The molecule has 0 saturated carbocycles. The summed E-state index contributed by atoms with van der Waals surface area (Å²) < 4.78 is 45.0. The van der Waals surface area contributed by atoms with E-state index in [-0.39, 0.29) is 10.8 Å². The van der Waals surface area contributed by atoms with Crippen LogP contribution in [0.1, 0.15) is 11.1 Å². The van der Waals surface area contributed by atoms with Gasteiger partial charge in [0.1, 0.15) is 11.3 Å². The van der Waals surface area contributed by atoms with E-state index < -0.39 is 10.0 Å². The van der Waals surface area contributed by atoms with Gasteiger partial charge in [0.05, 0.1) is 12.0 Å². The molecule has 8 nitrogen and oxygen atoms in total. The Kier molecular flexibility index (Phi) is 5.33. The number of furan rings is 1. The van der Waals surface area contributed by atoms with Crippen LogP contribution in [0.5, 0.6) is 5.75 Å². The number of benzene rings is 3. The Balaban J connectivity index is 1.47. The number of ether oxygens (including phenoxy) is 1. The normalized spacial score (nSPS) is 11.6. The highest BCUT2D eigenvalue weighted by Crippen LogP contribution is 2.34. The third kappa shape index (κ3) is 4.01. The van der Waals surface area contributed by atoms with E-state index in [0.717, 1.165) is 11.1 Å². The number of sulfonamides is 1. The second-order valence-electron chi connectivity index (χ2n) is 7.84. The lowest BCUT2D eigenvalue weighted by Gasteiger charge is -2.09. The van der Waals surface area contributed by atoms with Crippen LogP contribution < -0.4 is 9.46 Å². The molecule has 9 heteroatoms. The molecule has 2 aromatic heterocycles. The maximum Gasteiger partial charge on any atom is 0.294 e. The predicted octanol–water partition coefficient (Wildman–Crippen LogP) is 5.58. The van der Waals surface area contributed by atoms with Gasteiger partial charge in [-0.25, -0.2) is 8.42 Å². The zero-order valence-electron chi connectivity index (χ0n) is 18.7. The number of nitrogens with one attached hydrogen (secondary N) is 1. The topological polar surface area (TPSA) is 107 Å². The number of fused-ring (bicyclic) bond motifs is 1. The number of aryl methyl sites for hydroxylation is 2. The summed E-state index contributed by atoms with van der Waals surface area (Å²) in [5, 5.41) is 4.71. The molecule has 5 aromatic rings. The largest absolute Gasteiger partial charge is 0.497 e. The van der Waals surface area contributed by atoms with Crippen LogP contribution in [-0.4, -0.2) is 25.7 Å². The quantitative estimate of drug-likeness (QED) is 0.342. The highest BCUT2D eigenvalue weighted by molar-refractivity contribution is 7.92. The van der Waals surface area contributed by atoms with Gasteiger partial charge < -0.3 is 13.7 Å². The lowest BCUT2D eigenvalue weighted by atomic mass is 10.1. The number of aromatic nitrogens is 2. The number of anilines is 1. The van der Waals surface area contributed by atoms with Gasteiger partial charge in [-0.15, -0.1) is 0 Å². The van der Waals surface area contributed by atoms with Gasteiger partial charge in [0.2, 0.25) is 5.82 Å². The summed E-state index contributed by atoms with van der Waals surface area (Å²) in [7, 11) is -2.27. The van der Waals surface area contributed by atoms with Crippen molar-refractivity contribution in [1.82, 2.24) is 10.1 Å². The Bertz CT molecular complexity index is 1600. The van der Waals surface area contributed by atoms with E-state index in [4.69, 9.17) is 13.7 Å². The minimum atomic E-state index is -3.82. The molecule has 2 heterocycles. The second-order valence-corrected chi connectivity index (χ2v) is 9.52. The first-order chi connectivity index (χ1) is 16.3. The molecular formula is C25H21N3O5S. The lowest BCUT2D eigenvalue weighted by Crippen LogP contribution is -2.12. The van der Waals surface area contributed by atoms with Gasteiger partial charge in [0.25, 0.3) is 15.9 Å². The minimum Gasteiger partial charge on any atom is -0.497 e. The molecule has 0 radical (unpaired) electrons. The van der Waals surface area contributed by atoms with Gasteiger partial charge in [-0.3, -0.25) is 4.72 Å². The zero-order valence-corrected chi connectivity index (χ0v) is 19.5. The van der Waals surface area contributed by atoms with Crippen LogP contribution >= 0.6 is 0 Å². The van der Waals surface area contributed by atoms with E-state index in [1.807, 2.05) is 38.1 Å². The average Bonchev–Trinajstić information content (AvgIpc) is 3.44. The third-order valence-electron chi connectivity index (χ3n) is 5.46. The summed E-state index contributed by atoms with van der Waals surface area (Å²) in [6.45, 7) is 3.81. The van der Waals surface area contributed by atoms with E-state index in [9.17, 15) is 8.42 Å². The summed E-state index contributed by atoms with van der Waals surface area (Å²) in [6.07, 6.45) is 0. The molecular weight excluding hydrogens is 454 g/mol. The summed E-state index contributed by atoms with van der Waals surface area (Å²) in [6, 6.07) is 19.1. The van der Waals surface area contributed by atoms with E-state index in [2.05, 4.69) is 14.9 Å². The van der Waals surface area contributed by atoms with Gasteiger partial charge in [-0.05, 0) is 62.4 Å². The maximum absolute atomic E-state index is 13.0. The number of rotatable bonds is 6. The molecule has 0 saturated heterocycles. The molecule has 0 spiro atoms. The highest BCUT2D eigenvalue weighted by Gasteiger charge is 2.22. The number of nitrogens with zero attached hydrogens (tertiary/aromatic N) is 2. The third-order valence-corrected chi connectivity index (χ3v) is 6.84. The molecule has 34 heavy (non-hydrogen) atoms. The molecule has 0 aliphatic rings. The summed E-state index contributed by atoms with van der Waals surface area (Å²) in [5.41, 5.74) is 3.57. The number of hydrogen-bond donors (Lipinski definition) is 1. The van der Waals surface area contributed by atoms with Crippen LogP contribution in [0.25, 0.3) is 34.0 Å². The Morgan fingerprint density at radius 3 is 2.50 bits per heavy atom. The summed E-state index contributed by atoms with van der Waals surface area (Å²) >= 11 is 0. The number of methoxy groups -OCH3 is 1. The minimum absolute atomic E-state index is 0.109. The molecule has 5 rings (SSSR count). The van der Waals surface area contributed by atoms with Crippen molar-refractivity contribution in [2.24, 2.45) is 0 Å². The lowest BCUT2D eigenvalue weighted by molar-refractivity contribution is 0.415. The van der Waals surface area contributed by atoms with Crippen LogP contribution in [0, 0.1) is 13.8 Å². The molecule has 0 aliphatic carbocycles. The first-order valence-corrected chi connectivity index (χ1v) is 11.9. The second kappa shape index (κ2) is 8.35. The van der Waals surface area contributed by atoms with E-state index in [0.29, 0.717) is 39.6 Å². The van der Waals surface area contributed by atoms with Gasteiger partial charge in [-0.1, -0.05) is 28.9 Å². The fourth-order valence-corrected chi connectivity index (χ4v) is 4.75. The Morgan fingerprint density at radius 1 is 0.971 bits per heavy atom. The van der Waals surface area contributed by atoms with Crippen molar-refractivity contribution in [2.45, 2.75) is 18.7 Å². The van der Waals surface area contributed by atoms with Gasteiger partial charge in [0.15, 0.2) is 5.76 Å². The SMILES string of the molecule is COc1ccc(NS(=O)(=O)c2ccc3oc(-c4nc(-c5cccc(C)c5)no4)c(C)c3c2)cc1. The zero-order chi connectivity index (χ0) is 23.9. The Morgan fingerprint density at radius 2 is 1.76 bits per heavy atom. The smallest absolute Gasteiger partial charge is 0.294 e. The Labute approximate surface area is 196 Å². The first-order valence-electron chi connectivity index (χ1n) is 10.5. The predicted molar refractivity (Wildman–Crippen MR) is 128 cm³/mol. The van der Waals surface area contributed by atoms with Crippen LogP contribution in [0.3, 0.4) is 0 Å². The van der Waals surface area contributed by atoms with Crippen molar-refractivity contribution in [2.75, 3.05) is 11.8 Å². The fourth-order valence-electron chi connectivity index (χ4n) is 3.66. The van der Waals surface area contributed by atoms with Crippen LogP contribution in [0.15, 0.2) is 80.6 Å². The van der Waals surface area contributed by atoms with Crippen molar-refractivity contribution in [1.29, 1.82) is 0 Å². The molecule has 0 amide bonds. The van der Waals surface area contributed by atoms with Crippen molar-refractivity contribution < 1.29 is 22.1 Å². The molecule has 0 aliphatic heterocycles. The standard InChI is InChI=1S/C25H21N3O5S/c1-15-5-4-6-17(13-15)24-26-25(33-27-24)23-16(2)21-14-20(11-12-22(21)32-23)34(29,30)28-18-7-9-19(31-3)10-8-18/h4-14,28H,1-3H3. The molecule has 0 unspecified atom stereocenters. The van der Waals surface area contributed by atoms with Gasteiger partial charge in [0, 0.05) is 22.2 Å².